The van der Waals surface area contributed by atoms with E-state index in [4.69, 9.17) is 26.5 Å². The number of carbonyl (C=O) groups is 1. The molecule has 6 aromatic rings. The van der Waals surface area contributed by atoms with Crippen LogP contribution in [0.25, 0.3) is 32.8 Å². The molecule has 0 atom stereocenters. The molecule has 3 aromatic carbocycles. The van der Waals surface area contributed by atoms with Gasteiger partial charge in [-0.25, -0.2) is 4.79 Å². The topological polar surface area (TPSA) is 107 Å². The summed E-state index contributed by atoms with van der Waals surface area (Å²) >= 11 is 10.4. The lowest BCUT2D eigenvalue weighted by molar-refractivity contribution is 0.0587. The van der Waals surface area contributed by atoms with E-state index in [1.165, 1.54) is 7.11 Å². The van der Waals surface area contributed by atoms with Crippen LogP contribution in [0.15, 0.2) is 59.5 Å². The molecule has 2 N–H and O–H groups in total. The van der Waals surface area contributed by atoms with Crippen molar-refractivity contribution in [3.05, 3.63) is 93.7 Å². The van der Waals surface area contributed by atoms with E-state index >= 15 is 0 Å². The number of ether oxygens (including phenoxy) is 1. The Kier molecular flexibility index (Phi) is 10.1. The third-order valence-corrected chi connectivity index (χ3v) is 11.0. The number of esters is 1. The lowest BCUT2D eigenvalue weighted by Gasteiger charge is -2.11. The summed E-state index contributed by atoms with van der Waals surface area (Å²) in [7, 11) is 5.27. The molecular weight excluding hydrogens is 666 g/mol. The highest BCUT2D eigenvalue weighted by molar-refractivity contribution is 7.98. The predicted octanol–water partition coefficient (Wildman–Crippen LogP) is 7.80. The number of benzene rings is 3. The Morgan fingerprint density at radius 1 is 0.979 bits per heavy atom. The van der Waals surface area contributed by atoms with Gasteiger partial charge in [0.15, 0.2) is 0 Å². The first kappa shape index (κ1) is 34.0. The average Bonchev–Trinajstić information content (AvgIpc) is 3.67. The lowest BCUT2D eigenvalue weighted by Crippen LogP contribution is -2.12. The lowest BCUT2D eigenvalue weighted by atomic mass is 9.97. The Balaban J connectivity index is 1.24. The number of thioether (sulfide) groups is 2. The molecule has 3 aromatic heterocycles. The van der Waals surface area contributed by atoms with E-state index in [9.17, 15) is 15.0 Å². The Labute approximate surface area is 292 Å². The maximum Gasteiger partial charge on any atom is 0.354 e. The summed E-state index contributed by atoms with van der Waals surface area (Å²) in [6.07, 6.45) is 0.500. The van der Waals surface area contributed by atoms with Crippen LogP contribution in [-0.2, 0) is 42.6 Å². The number of phenols is 1. The van der Waals surface area contributed by atoms with E-state index in [0.29, 0.717) is 35.2 Å². The molecule has 0 aliphatic carbocycles. The van der Waals surface area contributed by atoms with Gasteiger partial charge in [-0.3, -0.25) is 9.36 Å². The molecule has 0 fully saturated rings. The molecule has 0 unspecified atom stereocenters. The second kappa shape index (κ2) is 14.3. The highest BCUT2D eigenvalue weighted by Crippen LogP contribution is 2.43. The van der Waals surface area contributed by atoms with Crippen LogP contribution < -0.4 is 0 Å². The van der Waals surface area contributed by atoms with E-state index in [1.54, 1.807) is 23.5 Å². The summed E-state index contributed by atoms with van der Waals surface area (Å²) in [6, 6.07) is 17.7. The quantitative estimate of drug-likeness (QED) is 0.0983. The van der Waals surface area contributed by atoms with Crippen molar-refractivity contribution in [2.75, 3.05) is 13.7 Å². The fourth-order valence-corrected chi connectivity index (χ4v) is 8.40. The minimum Gasteiger partial charge on any atom is -0.507 e. The van der Waals surface area contributed by atoms with Gasteiger partial charge < -0.3 is 19.5 Å². The first-order chi connectivity index (χ1) is 23.1. The average molecular weight is 704 g/mol. The second-order valence-corrected chi connectivity index (χ2v) is 14.2. The van der Waals surface area contributed by atoms with Crippen molar-refractivity contribution in [3.8, 4) is 16.9 Å². The summed E-state index contributed by atoms with van der Waals surface area (Å²) in [4.78, 5) is 14.0. The zero-order valence-electron chi connectivity index (χ0n) is 27.6. The fourth-order valence-electron chi connectivity index (χ4n) is 6.31. The van der Waals surface area contributed by atoms with E-state index in [0.717, 1.165) is 71.8 Å². The molecule has 0 bridgehead atoms. The number of fused-ring (bicyclic) bond motifs is 2. The van der Waals surface area contributed by atoms with Crippen LogP contribution in [0.2, 0.25) is 5.02 Å². The van der Waals surface area contributed by atoms with Crippen molar-refractivity contribution in [1.82, 2.24) is 24.1 Å². The molecule has 9 nitrogen and oxygen atoms in total. The minimum atomic E-state index is -0.425. The highest BCUT2D eigenvalue weighted by Gasteiger charge is 2.27. The predicted molar refractivity (Wildman–Crippen MR) is 195 cm³/mol. The zero-order valence-corrected chi connectivity index (χ0v) is 30.0. The van der Waals surface area contributed by atoms with E-state index in [2.05, 4.69) is 12.1 Å². The number of methoxy groups -OCH3 is 1. The molecule has 250 valence electrons. The van der Waals surface area contributed by atoms with Crippen molar-refractivity contribution in [2.24, 2.45) is 14.1 Å². The summed E-state index contributed by atoms with van der Waals surface area (Å²) in [5.41, 5.74) is 7.86. The zero-order chi connectivity index (χ0) is 34.1. The third-order valence-electron chi connectivity index (χ3n) is 8.71. The Morgan fingerprint density at radius 3 is 2.54 bits per heavy atom. The van der Waals surface area contributed by atoms with Crippen LogP contribution in [0.4, 0.5) is 0 Å². The highest BCUT2D eigenvalue weighted by atomic mass is 35.5. The molecule has 0 saturated carbocycles. The van der Waals surface area contributed by atoms with Crippen LogP contribution in [0.5, 0.6) is 5.75 Å². The van der Waals surface area contributed by atoms with Crippen molar-refractivity contribution in [1.29, 1.82) is 0 Å². The van der Waals surface area contributed by atoms with Crippen LogP contribution >= 0.6 is 35.1 Å². The van der Waals surface area contributed by atoms with Gasteiger partial charge in [-0.05, 0) is 61.5 Å². The standard InChI is InChI=1S/C36H38ClN5O4S2/c1-21-32-30(42(13-8-14-43)35(21)36(45)46-5)12-11-28(37)34(32)33-22(2)40(3)39-29(33)20-47-18-24-16-25(41(4)38-24)19-48-26-15-23-9-6-7-10-27(23)31(44)17-26/h6-7,9-12,15-17,43-44H,8,13-14,18-20H2,1-5H3. The number of hydrogen-bond acceptors (Lipinski definition) is 8. The van der Waals surface area contributed by atoms with E-state index in [-0.39, 0.29) is 12.4 Å². The van der Waals surface area contributed by atoms with Gasteiger partial charge in [0.2, 0.25) is 0 Å². The molecule has 48 heavy (non-hydrogen) atoms. The minimum absolute atomic E-state index is 0.00840. The maximum atomic E-state index is 13.0. The third kappa shape index (κ3) is 6.44. The van der Waals surface area contributed by atoms with Crippen LogP contribution in [0.1, 0.15) is 45.2 Å². The van der Waals surface area contributed by atoms with Crippen LogP contribution in [0.3, 0.4) is 0 Å². The smallest absolute Gasteiger partial charge is 0.354 e. The summed E-state index contributed by atoms with van der Waals surface area (Å²) < 4.78 is 10.9. The molecule has 3 heterocycles. The Bertz CT molecular complexity index is 2150. The largest absolute Gasteiger partial charge is 0.507 e. The van der Waals surface area contributed by atoms with Gasteiger partial charge in [0.25, 0.3) is 0 Å². The molecule has 0 radical (unpaired) electrons. The van der Waals surface area contributed by atoms with Gasteiger partial charge >= 0.3 is 5.97 Å². The van der Waals surface area contributed by atoms with E-state index < -0.39 is 5.97 Å². The summed E-state index contributed by atoms with van der Waals surface area (Å²) in [5.74, 6) is 1.92. The summed E-state index contributed by atoms with van der Waals surface area (Å²) in [5, 5.41) is 33.1. The number of aromatic hydroxyl groups is 1. The number of phenolic OH excluding ortho intramolecular Hbond substituents is 1. The number of nitrogens with zero attached hydrogens (tertiary/aromatic N) is 5. The van der Waals surface area contributed by atoms with Gasteiger partial charge in [-0.1, -0.05) is 35.9 Å². The monoisotopic (exact) mass is 703 g/mol. The van der Waals surface area contributed by atoms with Gasteiger partial charge in [0.05, 0.1) is 18.5 Å². The number of aromatic nitrogens is 5. The Morgan fingerprint density at radius 2 is 1.77 bits per heavy atom. The maximum absolute atomic E-state index is 13.0. The van der Waals surface area contributed by atoms with Gasteiger partial charge in [0.1, 0.15) is 11.4 Å². The molecule has 0 saturated heterocycles. The number of hydrogen-bond donors (Lipinski definition) is 2. The number of aryl methyl sites for hydroxylation is 4. The molecule has 0 spiro atoms. The number of rotatable bonds is 12. The van der Waals surface area contributed by atoms with Crippen LogP contribution in [0, 0.1) is 13.8 Å². The normalized spacial score (nSPS) is 11.6. The summed E-state index contributed by atoms with van der Waals surface area (Å²) in [6.45, 7) is 4.43. The van der Waals surface area contributed by atoms with Crippen molar-refractivity contribution in [3.63, 3.8) is 0 Å². The van der Waals surface area contributed by atoms with Gasteiger partial charge in [0, 0.05) is 93.2 Å². The molecule has 12 heteroatoms. The SMILES string of the molecule is COC(=O)c1c(C)c2c(-c3c(CSCc4cc(CSc5cc(O)c6ccccc6c5)n(C)n4)nn(C)c3C)c(Cl)ccc2n1CCCO. The van der Waals surface area contributed by atoms with Crippen molar-refractivity contribution < 1.29 is 19.7 Å². The number of aliphatic hydroxyl groups is 1. The molecule has 0 aliphatic rings. The second-order valence-electron chi connectivity index (χ2n) is 11.7. The molecule has 6 rings (SSSR count). The van der Waals surface area contributed by atoms with Gasteiger partial charge in [-0.2, -0.15) is 10.2 Å². The van der Waals surface area contributed by atoms with E-state index in [1.807, 2.05) is 84.3 Å². The first-order valence-corrected chi connectivity index (χ1v) is 18.1. The molecule has 0 amide bonds. The number of aliphatic hydroxyl groups excluding tert-OH is 1. The fraction of sp³-hybridized carbons (Fsp3) is 0.306. The van der Waals surface area contributed by atoms with Crippen LogP contribution in [-0.4, -0.2) is 54.0 Å². The number of carbonyl (C=O) groups excluding carboxylic acids is 1. The Hall–Kier alpha value is -3.90. The number of halogens is 1. The van der Waals surface area contributed by atoms with Crippen molar-refractivity contribution >= 4 is 62.8 Å². The van der Waals surface area contributed by atoms with Gasteiger partial charge in [-0.15, -0.1) is 23.5 Å². The first-order valence-electron chi connectivity index (χ1n) is 15.6. The van der Waals surface area contributed by atoms with Crippen molar-refractivity contribution in [2.45, 2.75) is 49.0 Å². The molecular formula is C36H38ClN5O4S2. The molecule has 0 aliphatic heterocycles.